The van der Waals surface area contributed by atoms with Crippen molar-refractivity contribution in [2.24, 2.45) is 0 Å². The van der Waals surface area contributed by atoms with Gasteiger partial charge in [0.1, 0.15) is 12.4 Å². The Hall–Kier alpha value is -3.63. The lowest BCUT2D eigenvalue weighted by atomic mass is 10.0. The summed E-state index contributed by atoms with van der Waals surface area (Å²) in [5, 5.41) is 5.82. The Bertz CT molecular complexity index is 1400. The Balaban J connectivity index is 1.51. The van der Waals surface area contributed by atoms with E-state index >= 15 is 0 Å². The topological polar surface area (TPSA) is 46.9 Å². The van der Waals surface area contributed by atoms with Crippen molar-refractivity contribution in [2.75, 3.05) is 5.32 Å². The van der Waals surface area contributed by atoms with Crippen molar-refractivity contribution >= 4 is 45.0 Å². The Labute approximate surface area is 185 Å². The fourth-order valence-electron chi connectivity index (χ4n) is 3.95. The molecule has 0 unspecified atom stereocenters. The van der Waals surface area contributed by atoms with Crippen LogP contribution in [0.4, 0.5) is 5.69 Å². The van der Waals surface area contributed by atoms with Crippen molar-refractivity contribution in [1.82, 2.24) is 9.55 Å². The predicted octanol–water partition coefficient (Wildman–Crippen LogP) is 6.07. The zero-order valence-corrected chi connectivity index (χ0v) is 17.5. The van der Waals surface area contributed by atoms with Gasteiger partial charge in [0, 0.05) is 6.42 Å². The van der Waals surface area contributed by atoms with E-state index in [1.807, 2.05) is 53.1 Å². The van der Waals surface area contributed by atoms with Crippen molar-refractivity contribution < 1.29 is 4.79 Å². The molecule has 152 valence electrons. The van der Waals surface area contributed by atoms with Crippen LogP contribution in [0.2, 0.25) is 5.02 Å². The van der Waals surface area contributed by atoms with Crippen LogP contribution in [0.25, 0.3) is 21.8 Å². The van der Waals surface area contributed by atoms with E-state index in [1.54, 1.807) is 12.1 Å². The SMILES string of the molecule is O=C(Cn1c(Cc2cccc3ccccc23)nc2ccccc21)Nc1ccccc1Cl. The lowest BCUT2D eigenvalue weighted by molar-refractivity contribution is -0.116. The van der Waals surface area contributed by atoms with E-state index in [4.69, 9.17) is 16.6 Å². The van der Waals surface area contributed by atoms with Gasteiger partial charge in [-0.05, 0) is 40.6 Å². The highest BCUT2D eigenvalue weighted by atomic mass is 35.5. The lowest BCUT2D eigenvalue weighted by Crippen LogP contribution is -2.20. The molecular weight excluding hydrogens is 406 g/mol. The molecule has 0 aliphatic carbocycles. The van der Waals surface area contributed by atoms with Gasteiger partial charge in [-0.2, -0.15) is 0 Å². The molecule has 0 fully saturated rings. The molecule has 0 aliphatic heterocycles. The standard InChI is InChI=1S/C26H20ClN3O/c27-21-12-3-4-13-22(21)29-26(31)17-30-24-15-6-5-14-23(24)28-25(30)16-19-10-7-9-18-8-1-2-11-20(18)19/h1-15H,16-17H2,(H,29,31). The number of benzene rings is 4. The van der Waals surface area contributed by atoms with Crippen LogP contribution in [0.15, 0.2) is 91.0 Å². The largest absolute Gasteiger partial charge is 0.323 e. The van der Waals surface area contributed by atoms with E-state index in [-0.39, 0.29) is 12.5 Å². The minimum atomic E-state index is -0.143. The highest BCUT2D eigenvalue weighted by molar-refractivity contribution is 6.33. The number of amides is 1. The van der Waals surface area contributed by atoms with Crippen LogP contribution in [-0.4, -0.2) is 15.5 Å². The van der Waals surface area contributed by atoms with Gasteiger partial charge in [-0.15, -0.1) is 0 Å². The minimum absolute atomic E-state index is 0.143. The molecule has 1 amide bonds. The maximum Gasteiger partial charge on any atom is 0.244 e. The number of rotatable bonds is 5. The van der Waals surface area contributed by atoms with E-state index in [9.17, 15) is 4.79 Å². The molecule has 0 bridgehead atoms. The highest BCUT2D eigenvalue weighted by Crippen LogP contribution is 2.24. The van der Waals surface area contributed by atoms with Gasteiger partial charge in [0.2, 0.25) is 5.91 Å². The first-order chi connectivity index (χ1) is 15.2. The van der Waals surface area contributed by atoms with Gasteiger partial charge in [0.15, 0.2) is 0 Å². The number of carbonyl (C=O) groups excluding carboxylic acids is 1. The predicted molar refractivity (Wildman–Crippen MR) is 127 cm³/mol. The second kappa shape index (κ2) is 8.25. The molecule has 0 spiro atoms. The van der Waals surface area contributed by atoms with Gasteiger partial charge in [-0.25, -0.2) is 4.98 Å². The number of para-hydroxylation sites is 3. The van der Waals surface area contributed by atoms with Crippen LogP contribution in [0, 0.1) is 0 Å². The number of halogens is 1. The molecule has 0 radical (unpaired) electrons. The highest BCUT2D eigenvalue weighted by Gasteiger charge is 2.15. The Kier molecular flexibility index (Phi) is 5.14. The van der Waals surface area contributed by atoms with Crippen molar-refractivity contribution in [3.05, 3.63) is 107 Å². The Morgan fingerprint density at radius 2 is 1.61 bits per heavy atom. The first-order valence-electron chi connectivity index (χ1n) is 10.1. The summed E-state index contributed by atoms with van der Waals surface area (Å²) in [6.45, 7) is 0.159. The maximum absolute atomic E-state index is 12.9. The van der Waals surface area contributed by atoms with Crippen molar-refractivity contribution in [2.45, 2.75) is 13.0 Å². The summed E-state index contributed by atoms with van der Waals surface area (Å²) in [5.41, 5.74) is 3.60. The van der Waals surface area contributed by atoms with Crippen LogP contribution >= 0.6 is 11.6 Å². The number of fused-ring (bicyclic) bond motifs is 2. The fraction of sp³-hybridized carbons (Fsp3) is 0.0769. The Morgan fingerprint density at radius 1 is 0.871 bits per heavy atom. The summed E-state index contributed by atoms with van der Waals surface area (Å²) in [7, 11) is 0. The number of nitrogens with one attached hydrogen (secondary N) is 1. The number of aromatic nitrogens is 2. The van der Waals surface area contributed by atoms with Crippen LogP contribution in [-0.2, 0) is 17.8 Å². The number of hydrogen-bond acceptors (Lipinski definition) is 2. The number of imidazole rings is 1. The molecule has 1 N–H and O–H groups in total. The molecule has 5 rings (SSSR count). The zero-order chi connectivity index (χ0) is 21.2. The molecule has 4 nitrogen and oxygen atoms in total. The van der Waals surface area contributed by atoms with Crippen molar-refractivity contribution in [3.8, 4) is 0 Å². The Morgan fingerprint density at radius 3 is 2.52 bits per heavy atom. The molecule has 31 heavy (non-hydrogen) atoms. The van der Waals surface area contributed by atoms with Crippen LogP contribution < -0.4 is 5.32 Å². The third-order valence-electron chi connectivity index (χ3n) is 5.41. The number of nitrogens with zero attached hydrogens (tertiary/aromatic N) is 2. The summed E-state index contributed by atoms with van der Waals surface area (Å²) in [6, 6.07) is 29.8. The molecule has 0 saturated heterocycles. The molecule has 4 aromatic carbocycles. The molecule has 0 saturated carbocycles. The van der Waals surface area contributed by atoms with E-state index in [0.717, 1.165) is 16.9 Å². The van der Waals surface area contributed by atoms with E-state index < -0.39 is 0 Å². The number of anilines is 1. The summed E-state index contributed by atoms with van der Waals surface area (Å²) in [4.78, 5) is 17.7. The van der Waals surface area contributed by atoms with Gasteiger partial charge in [-0.3, -0.25) is 4.79 Å². The van der Waals surface area contributed by atoms with Crippen LogP contribution in [0.3, 0.4) is 0 Å². The van der Waals surface area contributed by atoms with Gasteiger partial charge in [0.25, 0.3) is 0 Å². The molecular formula is C26H20ClN3O. The summed E-state index contributed by atoms with van der Waals surface area (Å²) >= 11 is 6.21. The normalized spacial score (nSPS) is 11.1. The van der Waals surface area contributed by atoms with Gasteiger partial charge >= 0.3 is 0 Å². The van der Waals surface area contributed by atoms with Gasteiger partial charge in [-0.1, -0.05) is 78.3 Å². The molecule has 1 aromatic heterocycles. The van der Waals surface area contributed by atoms with Gasteiger partial charge in [0.05, 0.1) is 21.7 Å². The molecule has 5 heteroatoms. The average Bonchev–Trinajstić information content (AvgIpc) is 3.12. The van der Waals surface area contributed by atoms with E-state index in [0.29, 0.717) is 17.1 Å². The van der Waals surface area contributed by atoms with E-state index in [1.165, 1.54) is 16.3 Å². The second-order valence-electron chi connectivity index (χ2n) is 7.45. The van der Waals surface area contributed by atoms with E-state index in [2.05, 4.69) is 35.6 Å². The number of hydrogen-bond donors (Lipinski definition) is 1. The number of carbonyl (C=O) groups is 1. The fourth-order valence-corrected chi connectivity index (χ4v) is 4.13. The molecule has 5 aromatic rings. The maximum atomic E-state index is 12.9. The first kappa shape index (κ1) is 19.3. The summed E-state index contributed by atoms with van der Waals surface area (Å²) in [5.74, 6) is 0.710. The zero-order valence-electron chi connectivity index (χ0n) is 16.8. The molecule has 0 atom stereocenters. The molecule has 0 aliphatic rings. The lowest BCUT2D eigenvalue weighted by Gasteiger charge is -2.12. The van der Waals surface area contributed by atoms with Crippen molar-refractivity contribution in [3.63, 3.8) is 0 Å². The second-order valence-corrected chi connectivity index (χ2v) is 7.85. The monoisotopic (exact) mass is 425 g/mol. The average molecular weight is 426 g/mol. The van der Waals surface area contributed by atoms with Crippen LogP contribution in [0.1, 0.15) is 11.4 Å². The van der Waals surface area contributed by atoms with Crippen molar-refractivity contribution in [1.29, 1.82) is 0 Å². The quantitative estimate of drug-likeness (QED) is 0.371. The summed E-state index contributed by atoms with van der Waals surface area (Å²) in [6.07, 6.45) is 0.634. The smallest absolute Gasteiger partial charge is 0.244 e. The summed E-state index contributed by atoms with van der Waals surface area (Å²) < 4.78 is 1.99. The third kappa shape index (κ3) is 3.90. The first-order valence-corrected chi connectivity index (χ1v) is 10.5. The third-order valence-corrected chi connectivity index (χ3v) is 5.74. The van der Waals surface area contributed by atoms with Gasteiger partial charge < -0.3 is 9.88 Å². The minimum Gasteiger partial charge on any atom is -0.323 e. The molecule has 1 heterocycles. The van der Waals surface area contributed by atoms with Crippen LogP contribution in [0.5, 0.6) is 0 Å².